The van der Waals surface area contributed by atoms with Crippen LogP contribution in [0.2, 0.25) is 0 Å². The Labute approximate surface area is 130 Å². The third kappa shape index (κ3) is 3.75. The smallest absolute Gasteiger partial charge is 0.137 e. The van der Waals surface area contributed by atoms with Crippen LogP contribution in [0.4, 0.5) is 10.1 Å². The van der Waals surface area contributed by atoms with Gasteiger partial charge in [-0.1, -0.05) is 27.7 Å². The van der Waals surface area contributed by atoms with E-state index in [0.717, 1.165) is 24.1 Å². The number of benzene rings is 1. The van der Waals surface area contributed by atoms with Crippen LogP contribution in [-0.4, -0.2) is 6.04 Å². The number of rotatable bonds is 2. The van der Waals surface area contributed by atoms with Gasteiger partial charge in [-0.05, 0) is 70.6 Å². The molecule has 1 aliphatic rings. The van der Waals surface area contributed by atoms with Gasteiger partial charge in [0.05, 0.1) is 4.47 Å². The Balaban J connectivity index is 2.19. The van der Waals surface area contributed by atoms with Gasteiger partial charge < -0.3 is 5.32 Å². The Morgan fingerprint density at radius 1 is 1.15 bits per heavy atom. The largest absolute Gasteiger partial charge is 0.382 e. The highest BCUT2D eigenvalue weighted by Gasteiger charge is 2.38. The third-order valence-corrected chi connectivity index (χ3v) is 4.79. The zero-order chi connectivity index (χ0) is 15.1. The number of anilines is 1. The van der Waals surface area contributed by atoms with Crippen molar-refractivity contribution in [3.63, 3.8) is 0 Å². The van der Waals surface area contributed by atoms with Gasteiger partial charge in [-0.25, -0.2) is 4.39 Å². The molecule has 0 aromatic heterocycles. The van der Waals surface area contributed by atoms with Gasteiger partial charge in [0.2, 0.25) is 0 Å². The van der Waals surface area contributed by atoms with Crippen LogP contribution in [0.25, 0.3) is 0 Å². The number of hydrogen-bond acceptors (Lipinski definition) is 1. The summed E-state index contributed by atoms with van der Waals surface area (Å²) in [6.07, 6.45) is 3.57. The molecule has 1 fully saturated rings. The molecule has 112 valence electrons. The van der Waals surface area contributed by atoms with E-state index >= 15 is 0 Å². The Kier molecular flexibility index (Phi) is 4.21. The monoisotopic (exact) mass is 341 g/mol. The summed E-state index contributed by atoms with van der Waals surface area (Å²) in [6.45, 7) is 11.3. The fraction of sp³-hybridized carbons (Fsp3) is 0.647. The van der Waals surface area contributed by atoms with E-state index in [1.165, 1.54) is 6.42 Å². The maximum Gasteiger partial charge on any atom is 0.137 e. The lowest BCUT2D eigenvalue weighted by Crippen LogP contribution is -2.40. The topological polar surface area (TPSA) is 12.0 Å². The van der Waals surface area contributed by atoms with Crippen LogP contribution < -0.4 is 5.32 Å². The average molecular weight is 342 g/mol. The van der Waals surface area contributed by atoms with Gasteiger partial charge in [-0.3, -0.25) is 0 Å². The highest BCUT2D eigenvalue weighted by molar-refractivity contribution is 9.10. The van der Waals surface area contributed by atoms with Crippen LogP contribution in [0.3, 0.4) is 0 Å². The van der Waals surface area contributed by atoms with Crippen molar-refractivity contribution >= 4 is 21.6 Å². The fourth-order valence-corrected chi connectivity index (χ4v) is 4.31. The highest BCUT2D eigenvalue weighted by atomic mass is 79.9. The van der Waals surface area contributed by atoms with Gasteiger partial charge in [-0.2, -0.15) is 0 Å². The molecule has 0 unspecified atom stereocenters. The zero-order valence-electron chi connectivity index (χ0n) is 13.1. The van der Waals surface area contributed by atoms with Crippen LogP contribution in [0, 0.1) is 23.6 Å². The first kappa shape index (κ1) is 15.8. The van der Waals surface area contributed by atoms with Crippen LogP contribution in [0.15, 0.2) is 16.6 Å². The second-order valence-electron chi connectivity index (χ2n) is 7.84. The summed E-state index contributed by atoms with van der Waals surface area (Å²) in [7, 11) is 0. The number of halogens is 2. The molecule has 0 spiro atoms. The highest BCUT2D eigenvalue weighted by Crippen LogP contribution is 2.46. The van der Waals surface area contributed by atoms with Crippen molar-refractivity contribution in [1.82, 2.24) is 0 Å². The second-order valence-corrected chi connectivity index (χ2v) is 8.69. The summed E-state index contributed by atoms with van der Waals surface area (Å²) in [4.78, 5) is 0. The first-order chi connectivity index (χ1) is 9.08. The minimum atomic E-state index is -0.197. The average Bonchev–Trinajstić information content (AvgIpc) is 2.21. The van der Waals surface area contributed by atoms with E-state index in [2.05, 4.69) is 48.9 Å². The third-order valence-electron chi connectivity index (χ3n) is 4.18. The molecule has 0 amide bonds. The van der Waals surface area contributed by atoms with Gasteiger partial charge in [0.1, 0.15) is 5.82 Å². The van der Waals surface area contributed by atoms with Crippen molar-refractivity contribution in [3.05, 3.63) is 28.0 Å². The van der Waals surface area contributed by atoms with E-state index in [1.54, 1.807) is 6.07 Å². The lowest BCUT2D eigenvalue weighted by Gasteiger charge is -2.45. The van der Waals surface area contributed by atoms with Gasteiger partial charge >= 0.3 is 0 Å². The molecule has 1 saturated carbocycles. The maximum atomic E-state index is 13.5. The first-order valence-electron chi connectivity index (χ1n) is 7.30. The van der Waals surface area contributed by atoms with Crippen molar-refractivity contribution in [3.8, 4) is 0 Å². The summed E-state index contributed by atoms with van der Waals surface area (Å²) in [5.74, 6) is -0.197. The van der Waals surface area contributed by atoms with Gasteiger partial charge in [-0.15, -0.1) is 0 Å². The van der Waals surface area contributed by atoms with E-state index in [-0.39, 0.29) is 5.82 Å². The van der Waals surface area contributed by atoms with E-state index in [0.29, 0.717) is 21.3 Å². The SMILES string of the molecule is Cc1cc(F)c(Br)cc1NC1CC(C)(C)CC(C)(C)C1. The lowest BCUT2D eigenvalue weighted by molar-refractivity contribution is 0.105. The molecule has 0 bridgehead atoms. The van der Waals surface area contributed by atoms with E-state index in [9.17, 15) is 4.39 Å². The molecular weight excluding hydrogens is 317 g/mol. The maximum absolute atomic E-state index is 13.5. The first-order valence-corrected chi connectivity index (χ1v) is 8.10. The molecule has 1 aliphatic carbocycles. The van der Waals surface area contributed by atoms with Crippen LogP contribution >= 0.6 is 15.9 Å². The van der Waals surface area contributed by atoms with Crippen molar-refractivity contribution in [2.75, 3.05) is 5.32 Å². The molecule has 1 aromatic carbocycles. The van der Waals surface area contributed by atoms with E-state index in [4.69, 9.17) is 0 Å². The zero-order valence-corrected chi connectivity index (χ0v) is 14.7. The molecule has 20 heavy (non-hydrogen) atoms. The summed E-state index contributed by atoms with van der Waals surface area (Å²) >= 11 is 3.27. The van der Waals surface area contributed by atoms with E-state index < -0.39 is 0 Å². The Morgan fingerprint density at radius 3 is 2.25 bits per heavy atom. The Hall–Kier alpha value is -0.570. The molecule has 1 nitrogen and oxygen atoms in total. The van der Waals surface area contributed by atoms with Crippen molar-refractivity contribution < 1.29 is 4.39 Å². The molecule has 0 aliphatic heterocycles. The quantitative estimate of drug-likeness (QED) is 0.704. The molecule has 1 N–H and O–H groups in total. The summed E-state index contributed by atoms with van der Waals surface area (Å²) in [6, 6.07) is 3.90. The number of aryl methyl sites for hydroxylation is 1. The molecule has 0 atom stereocenters. The normalized spacial score (nSPS) is 21.8. The Morgan fingerprint density at radius 2 is 1.70 bits per heavy atom. The van der Waals surface area contributed by atoms with Crippen LogP contribution in [0.5, 0.6) is 0 Å². The van der Waals surface area contributed by atoms with Crippen molar-refractivity contribution in [2.45, 2.75) is 59.9 Å². The van der Waals surface area contributed by atoms with Gasteiger partial charge in [0.15, 0.2) is 0 Å². The number of nitrogens with one attached hydrogen (secondary N) is 1. The minimum absolute atomic E-state index is 0.197. The van der Waals surface area contributed by atoms with Crippen LogP contribution in [-0.2, 0) is 0 Å². The van der Waals surface area contributed by atoms with Gasteiger partial charge in [0, 0.05) is 11.7 Å². The summed E-state index contributed by atoms with van der Waals surface area (Å²) < 4.78 is 14.0. The molecule has 3 heteroatoms. The molecule has 0 saturated heterocycles. The van der Waals surface area contributed by atoms with Crippen molar-refractivity contribution in [1.29, 1.82) is 0 Å². The molecular formula is C17H25BrFN. The molecule has 2 rings (SSSR count). The minimum Gasteiger partial charge on any atom is -0.382 e. The van der Waals surface area contributed by atoms with E-state index in [1.807, 2.05) is 13.0 Å². The van der Waals surface area contributed by atoms with Crippen molar-refractivity contribution in [2.24, 2.45) is 10.8 Å². The summed E-state index contributed by atoms with van der Waals surface area (Å²) in [5, 5.41) is 3.63. The lowest BCUT2D eigenvalue weighted by atomic mass is 9.63. The molecule has 1 aromatic rings. The summed E-state index contributed by atoms with van der Waals surface area (Å²) in [5.41, 5.74) is 2.71. The number of hydrogen-bond donors (Lipinski definition) is 1. The molecule has 0 heterocycles. The second kappa shape index (κ2) is 5.32. The fourth-order valence-electron chi connectivity index (χ4n) is 3.97. The predicted molar refractivity (Wildman–Crippen MR) is 87.7 cm³/mol. The predicted octanol–water partition coefficient (Wildman–Crippen LogP) is 5.91. The van der Waals surface area contributed by atoms with Gasteiger partial charge in [0.25, 0.3) is 0 Å². The van der Waals surface area contributed by atoms with Crippen LogP contribution in [0.1, 0.15) is 52.5 Å². The molecule has 0 radical (unpaired) electrons. The standard InChI is InChI=1S/C17H25BrFN/c1-11-6-14(19)13(18)7-15(11)20-12-8-16(2,3)10-17(4,5)9-12/h6-7,12,20H,8-10H2,1-5H3. The Bertz CT molecular complexity index is 492.